The number of hydrogen-bond acceptors (Lipinski definition) is 1. The van der Waals surface area contributed by atoms with Crippen molar-refractivity contribution in [2.45, 2.75) is 39.5 Å². The van der Waals surface area contributed by atoms with Gasteiger partial charge in [-0.05, 0) is 48.9 Å². The Hall–Kier alpha value is -1.35. The van der Waals surface area contributed by atoms with Crippen molar-refractivity contribution in [2.24, 2.45) is 11.8 Å². The van der Waals surface area contributed by atoms with E-state index in [2.05, 4.69) is 37.4 Å². The summed E-state index contributed by atoms with van der Waals surface area (Å²) in [6, 6.07) is 6.39. The fraction of sp³-hybridized carbons (Fsp3) is 0.611. The van der Waals surface area contributed by atoms with E-state index in [1.807, 2.05) is 0 Å². The summed E-state index contributed by atoms with van der Waals surface area (Å²) in [7, 11) is 0. The van der Waals surface area contributed by atoms with Gasteiger partial charge in [-0.25, -0.2) is 0 Å². The van der Waals surface area contributed by atoms with E-state index >= 15 is 0 Å². The van der Waals surface area contributed by atoms with Crippen molar-refractivity contribution in [2.75, 3.05) is 25.0 Å². The first-order chi connectivity index (χ1) is 10.1. The van der Waals surface area contributed by atoms with Crippen molar-refractivity contribution in [1.29, 1.82) is 0 Å². The molecule has 1 aromatic carbocycles. The van der Waals surface area contributed by atoms with Gasteiger partial charge in [0.25, 0.3) is 5.91 Å². The number of piperidine rings is 1. The van der Waals surface area contributed by atoms with E-state index in [1.54, 1.807) is 0 Å². The summed E-state index contributed by atoms with van der Waals surface area (Å²) in [6.07, 6.45) is 4.90. The fourth-order valence-electron chi connectivity index (χ4n) is 4.15. The van der Waals surface area contributed by atoms with Crippen LogP contribution < -0.4 is 10.2 Å². The third kappa shape index (κ3) is 3.65. The lowest BCUT2D eigenvalue weighted by molar-refractivity contribution is -0.904. The summed E-state index contributed by atoms with van der Waals surface area (Å²) in [5.41, 5.74) is 3.84. The van der Waals surface area contributed by atoms with Gasteiger partial charge < -0.3 is 10.2 Å². The van der Waals surface area contributed by atoms with Gasteiger partial charge >= 0.3 is 0 Å². The second-order valence-electron chi connectivity index (χ2n) is 7.17. The van der Waals surface area contributed by atoms with Crippen LogP contribution in [0.25, 0.3) is 0 Å². The summed E-state index contributed by atoms with van der Waals surface area (Å²) in [6.45, 7) is 7.46. The van der Waals surface area contributed by atoms with Crippen LogP contribution in [0, 0.1) is 11.8 Å². The van der Waals surface area contributed by atoms with Crippen LogP contribution in [-0.4, -0.2) is 25.5 Å². The molecule has 0 unspecified atom stereocenters. The van der Waals surface area contributed by atoms with Crippen molar-refractivity contribution in [3.8, 4) is 0 Å². The van der Waals surface area contributed by atoms with E-state index in [9.17, 15) is 4.79 Å². The van der Waals surface area contributed by atoms with Crippen LogP contribution in [0.2, 0.25) is 0 Å². The first-order valence-corrected chi connectivity index (χ1v) is 8.35. The molecule has 1 fully saturated rings. The molecule has 0 saturated carbocycles. The second-order valence-corrected chi connectivity index (χ2v) is 7.17. The molecule has 1 aliphatic heterocycles. The Morgan fingerprint density at radius 1 is 1.19 bits per heavy atom. The third-order valence-electron chi connectivity index (χ3n) is 4.87. The van der Waals surface area contributed by atoms with Crippen LogP contribution >= 0.6 is 0 Å². The van der Waals surface area contributed by atoms with E-state index in [0.29, 0.717) is 6.54 Å². The van der Waals surface area contributed by atoms with Crippen molar-refractivity contribution in [1.82, 2.24) is 0 Å². The quantitative estimate of drug-likeness (QED) is 0.871. The van der Waals surface area contributed by atoms with Gasteiger partial charge in [-0.3, -0.25) is 4.79 Å². The number of aryl methyl sites for hydroxylation is 2. The van der Waals surface area contributed by atoms with Gasteiger partial charge in [0.15, 0.2) is 6.54 Å². The minimum absolute atomic E-state index is 0.157. The number of benzene rings is 1. The second kappa shape index (κ2) is 6.18. The Labute approximate surface area is 127 Å². The van der Waals surface area contributed by atoms with Gasteiger partial charge in [0.1, 0.15) is 0 Å². The molecular weight excluding hydrogens is 260 g/mol. The van der Waals surface area contributed by atoms with Gasteiger partial charge in [-0.1, -0.05) is 19.9 Å². The molecule has 2 aliphatic rings. The van der Waals surface area contributed by atoms with E-state index in [4.69, 9.17) is 0 Å². The van der Waals surface area contributed by atoms with Crippen molar-refractivity contribution in [3.63, 3.8) is 0 Å². The highest BCUT2D eigenvalue weighted by molar-refractivity contribution is 5.91. The Morgan fingerprint density at radius 2 is 1.90 bits per heavy atom. The molecule has 0 spiro atoms. The molecule has 0 bridgehead atoms. The first-order valence-electron chi connectivity index (χ1n) is 8.35. The molecule has 1 amide bonds. The molecule has 0 aromatic heterocycles. The van der Waals surface area contributed by atoms with Gasteiger partial charge in [0.05, 0.1) is 13.1 Å². The number of carbonyl (C=O) groups excluding carboxylic acids is 1. The van der Waals surface area contributed by atoms with Crippen LogP contribution in [0.5, 0.6) is 0 Å². The molecule has 114 valence electrons. The monoisotopic (exact) mass is 287 g/mol. The summed E-state index contributed by atoms with van der Waals surface area (Å²) in [5, 5.41) is 3.09. The van der Waals surface area contributed by atoms with Gasteiger partial charge in [-0.2, -0.15) is 0 Å². The summed E-state index contributed by atoms with van der Waals surface area (Å²) >= 11 is 0. The number of fused-ring (bicyclic) bond motifs is 1. The highest BCUT2D eigenvalue weighted by Gasteiger charge is 2.26. The summed E-state index contributed by atoms with van der Waals surface area (Å²) < 4.78 is 0. The van der Waals surface area contributed by atoms with Crippen LogP contribution in [0.4, 0.5) is 5.69 Å². The number of anilines is 1. The third-order valence-corrected chi connectivity index (χ3v) is 4.87. The average molecular weight is 287 g/mol. The maximum atomic E-state index is 12.3. The molecule has 3 heteroatoms. The van der Waals surface area contributed by atoms with E-state index < -0.39 is 0 Å². The zero-order chi connectivity index (χ0) is 14.8. The lowest BCUT2D eigenvalue weighted by Gasteiger charge is -2.31. The number of hydrogen-bond donors (Lipinski definition) is 2. The topological polar surface area (TPSA) is 33.5 Å². The molecule has 1 aliphatic carbocycles. The minimum Gasteiger partial charge on any atom is -0.327 e. The maximum absolute atomic E-state index is 12.3. The summed E-state index contributed by atoms with van der Waals surface area (Å²) in [4.78, 5) is 13.7. The molecule has 1 aromatic rings. The molecule has 0 radical (unpaired) electrons. The number of carbonyl (C=O) groups is 1. The van der Waals surface area contributed by atoms with Gasteiger partial charge in [0.2, 0.25) is 0 Å². The number of amides is 1. The van der Waals surface area contributed by atoms with Crippen molar-refractivity contribution < 1.29 is 9.69 Å². The molecule has 3 rings (SSSR count). The van der Waals surface area contributed by atoms with E-state index in [0.717, 1.165) is 37.0 Å². The largest absolute Gasteiger partial charge is 0.327 e. The SMILES string of the molecule is C[C@@H]1C[C@@H](C)C[NH+](CC(=O)Nc2ccc3c(c2)CCC3)C1. The highest BCUT2D eigenvalue weighted by atomic mass is 16.2. The first kappa shape index (κ1) is 14.6. The van der Waals surface area contributed by atoms with Crippen LogP contribution in [0.3, 0.4) is 0 Å². The van der Waals surface area contributed by atoms with Crippen LogP contribution in [0.15, 0.2) is 18.2 Å². The lowest BCUT2D eigenvalue weighted by atomic mass is 9.92. The molecular formula is C18H27N2O+. The van der Waals surface area contributed by atoms with E-state index in [1.165, 1.54) is 35.3 Å². The Kier molecular flexibility index (Phi) is 4.29. The number of nitrogens with one attached hydrogen (secondary N) is 2. The number of rotatable bonds is 3. The Balaban J connectivity index is 1.56. The lowest BCUT2D eigenvalue weighted by Crippen LogP contribution is -3.15. The van der Waals surface area contributed by atoms with Gasteiger partial charge in [-0.15, -0.1) is 0 Å². The molecule has 3 nitrogen and oxygen atoms in total. The molecule has 2 N–H and O–H groups in total. The van der Waals surface area contributed by atoms with E-state index in [-0.39, 0.29) is 5.91 Å². The van der Waals surface area contributed by atoms with Gasteiger partial charge in [0, 0.05) is 17.5 Å². The summed E-state index contributed by atoms with van der Waals surface area (Å²) in [5.74, 6) is 1.62. The zero-order valence-corrected chi connectivity index (χ0v) is 13.2. The Bertz CT molecular complexity index is 516. The number of likely N-dealkylation sites (tertiary alicyclic amines) is 1. The smallest absolute Gasteiger partial charge is 0.279 e. The van der Waals surface area contributed by atoms with Crippen LogP contribution in [-0.2, 0) is 17.6 Å². The highest BCUT2D eigenvalue weighted by Crippen LogP contribution is 2.24. The fourth-order valence-corrected chi connectivity index (χ4v) is 4.15. The van der Waals surface area contributed by atoms with Crippen LogP contribution in [0.1, 0.15) is 37.8 Å². The minimum atomic E-state index is 0.157. The molecule has 1 saturated heterocycles. The normalized spacial score (nSPS) is 28.2. The molecule has 1 heterocycles. The predicted octanol–water partition coefficient (Wildman–Crippen LogP) is 1.67. The standard InChI is InChI=1S/C18H26N2O/c1-13-8-14(2)11-20(10-13)12-18(21)19-17-7-6-15-4-3-5-16(15)9-17/h6-7,9,13-14H,3-5,8,10-12H2,1-2H3,(H,19,21)/p+1/t13-,14-/m1/s1. The zero-order valence-electron chi connectivity index (χ0n) is 13.2. The molecule has 2 atom stereocenters. The number of quaternary nitrogens is 1. The predicted molar refractivity (Wildman–Crippen MR) is 85.6 cm³/mol. The maximum Gasteiger partial charge on any atom is 0.279 e. The van der Waals surface area contributed by atoms with Crippen molar-refractivity contribution >= 4 is 11.6 Å². The average Bonchev–Trinajstić information content (AvgIpc) is 2.84. The Morgan fingerprint density at radius 3 is 2.67 bits per heavy atom. The van der Waals surface area contributed by atoms with Crippen molar-refractivity contribution in [3.05, 3.63) is 29.3 Å². The molecule has 21 heavy (non-hydrogen) atoms.